The molecule has 1 aromatic carbocycles. The first-order valence-corrected chi connectivity index (χ1v) is 4.59. The molecule has 8 nitrogen and oxygen atoms in total. The first-order chi connectivity index (χ1) is 7.95. The minimum atomic E-state index is -1.50. The molecule has 0 bridgehead atoms. The van der Waals surface area contributed by atoms with Crippen LogP contribution in [0.1, 0.15) is 5.56 Å². The lowest BCUT2D eigenvalue weighted by Gasteiger charge is -2.05. The highest BCUT2D eigenvalue weighted by Gasteiger charge is 1.95. The van der Waals surface area contributed by atoms with Gasteiger partial charge in [0.2, 0.25) is 0 Å². The van der Waals surface area contributed by atoms with Gasteiger partial charge in [-0.15, -0.1) is 10.1 Å². The number of nitrogens with zero attached hydrogens (tertiary/aromatic N) is 1. The number of anilines is 1. The number of benzene rings is 1. The third-order valence-electron chi connectivity index (χ3n) is 1.61. The van der Waals surface area contributed by atoms with Crippen molar-refractivity contribution >= 4 is 11.6 Å². The van der Waals surface area contributed by atoms with Crippen LogP contribution in [0.3, 0.4) is 0 Å². The first-order valence-electron chi connectivity index (χ1n) is 4.59. The van der Waals surface area contributed by atoms with E-state index in [1.165, 1.54) is 0 Å². The van der Waals surface area contributed by atoms with Crippen molar-refractivity contribution in [1.29, 1.82) is 5.41 Å². The molecule has 0 fully saturated rings. The summed E-state index contributed by atoms with van der Waals surface area (Å²) >= 11 is 0. The Bertz CT molecular complexity index is 379. The summed E-state index contributed by atoms with van der Waals surface area (Å²) in [7, 11) is 0. The summed E-state index contributed by atoms with van der Waals surface area (Å²) in [6.07, 6.45) is 0.618. The lowest BCUT2D eigenvalue weighted by Crippen LogP contribution is -2.20. The van der Waals surface area contributed by atoms with Crippen LogP contribution in [0.2, 0.25) is 0 Å². The van der Waals surface area contributed by atoms with Gasteiger partial charge in [0.25, 0.3) is 5.09 Å². The number of guanidine groups is 1. The molecule has 17 heavy (non-hydrogen) atoms. The molecule has 1 aromatic rings. The Balaban J connectivity index is 0.000000557. The summed E-state index contributed by atoms with van der Waals surface area (Å²) < 4.78 is 0. The number of rotatable bonds is 3. The third-order valence-corrected chi connectivity index (χ3v) is 1.61. The summed E-state index contributed by atoms with van der Waals surface area (Å²) in [6, 6.07) is 7.46. The Morgan fingerprint density at radius 1 is 1.59 bits per heavy atom. The summed E-state index contributed by atoms with van der Waals surface area (Å²) in [5.74, 6) is -0.0823. The molecule has 0 aliphatic rings. The Labute approximate surface area is 97.3 Å². The highest BCUT2D eigenvalue weighted by Crippen LogP contribution is 2.10. The predicted molar refractivity (Wildman–Crippen MR) is 61.5 cm³/mol. The topological polar surface area (TPSA) is 146 Å². The van der Waals surface area contributed by atoms with E-state index in [-0.39, 0.29) is 12.6 Å². The molecule has 8 heteroatoms. The second-order valence-electron chi connectivity index (χ2n) is 2.95. The van der Waals surface area contributed by atoms with Gasteiger partial charge in [0.05, 0.1) is 0 Å². The highest BCUT2D eigenvalue weighted by molar-refractivity contribution is 5.89. The average Bonchev–Trinajstić information content (AvgIpc) is 2.16. The van der Waals surface area contributed by atoms with Crippen LogP contribution in [0.4, 0.5) is 5.69 Å². The first kappa shape index (κ1) is 14.6. The number of nitrogens with one attached hydrogen (secondary N) is 2. The van der Waals surface area contributed by atoms with Crippen molar-refractivity contribution in [2.75, 3.05) is 11.9 Å². The zero-order chi connectivity index (χ0) is 13.3. The van der Waals surface area contributed by atoms with Gasteiger partial charge in [-0.2, -0.15) is 0 Å². The van der Waals surface area contributed by atoms with E-state index < -0.39 is 5.09 Å². The fourth-order valence-electron chi connectivity index (χ4n) is 1.09. The van der Waals surface area contributed by atoms with Crippen LogP contribution >= 0.6 is 0 Å². The van der Waals surface area contributed by atoms with E-state index in [2.05, 4.69) is 5.32 Å². The maximum absolute atomic E-state index is 8.71. The number of nitrogens with two attached hydrogens (primary N) is 1. The molecule has 1 rings (SSSR count). The van der Waals surface area contributed by atoms with E-state index in [0.717, 1.165) is 11.3 Å². The van der Waals surface area contributed by atoms with E-state index in [0.29, 0.717) is 6.42 Å². The van der Waals surface area contributed by atoms with E-state index in [1.807, 2.05) is 24.3 Å². The van der Waals surface area contributed by atoms with Crippen LogP contribution in [0.25, 0.3) is 0 Å². The molecule has 0 aliphatic heterocycles. The number of hydrogen-bond acceptors (Lipinski definition) is 4. The van der Waals surface area contributed by atoms with Crippen LogP contribution in [0, 0.1) is 15.5 Å². The van der Waals surface area contributed by atoms with Crippen molar-refractivity contribution in [2.24, 2.45) is 5.73 Å². The van der Waals surface area contributed by atoms with Crippen molar-refractivity contribution in [1.82, 2.24) is 0 Å². The fraction of sp³-hybridized carbons (Fsp3) is 0.222. The minimum Gasteiger partial charge on any atom is -0.396 e. The van der Waals surface area contributed by atoms with E-state index in [9.17, 15) is 0 Å². The number of aliphatic hydroxyl groups excluding tert-OH is 1. The largest absolute Gasteiger partial charge is 0.396 e. The van der Waals surface area contributed by atoms with Gasteiger partial charge in [-0.1, -0.05) is 12.1 Å². The van der Waals surface area contributed by atoms with E-state index >= 15 is 0 Å². The Morgan fingerprint density at radius 2 is 2.18 bits per heavy atom. The minimum absolute atomic E-state index is 0.0823. The Kier molecular flexibility index (Phi) is 6.79. The van der Waals surface area contributed by atoms with Crippen LogP contribution < -0.4 is 11.1 Å². The molecule has 0 saturated heterocycles. The molecule has 94 valence electrons. The van der Waals surface area contributed by atoms with Gasteiger partial charge >= 0.3 is 0 Å². The third kappa shape index (κ3) is 8.63. The predicted octanol–water partition coefficient (Wildman–Crippen LogP) is 0.179. The Hall–Kier alpha value is -2.35. The lowest BCUT2D eigenvalue weighted by atomic mass is 10.1. The number of hydrogen-bond donors (Lipinski definition) is 5. The van der Waals surface area contributed by atoms with Crippen LogP contribution in [-0.2, 0) is 6.42 Å². The smallest absolute Gasteiger partial charge is 0.291 e. The van der Waals surface area contributed by atoms with Crippen molar-refractivity contribution in [3.05, 3.63) is 39.9 Å². The van der Waals surface area contributed by atoms with E-state index in [4.69, 9.17) is 31.6 Å². The highest BCUT2D eigenvalue weighted by atomic mass is 16.9. The summed E-state index contributed by atoms with van der Waals surface area (Å²) in [5, 5.41) is 32.0. The number of aliphatic hydroxyl groups is 1. The molecule has 0 aromatic heterocycles. The average molecular weight is 242 g/mol. The van der Waals surface area contributed by atoms with E-state index in [1.54, 1.807) is 0 Å². The van der Waals surface area contributed by atoms with Crippen molar-refractivity contribution in [3.63, 3.8) is 0 Å². The molecule has 6 N–H and O–H groups in total. The van der Waals surface area contributed by atoms with Gasteiger partial charge < -0.3 is 21.4 Å². The Morgan fingerprint density at radius 3 is 2.65 bits per heavy atom. The van der Waals surface area contributed by atoms with Gasteiger partial charge in [-0.05, 0) is 24.1 Å². The standard InChI is InChI=1S/C9H13N3O.HNO3/c10-9(11)12-8-3-1-2-7(6-8)4-5-13;2-1(3)4/h1-3,6,13H,4-5H2,(H4,10,11,12);(H,2,3,4). The maximum Gasteiger partial charge on any atom is 0.291 e. The molecular formula is C9H14N4O4. The summed E-state index contributed by atoms with van der Waals surface area (Å²) in [6.45, 7) is 0.128. The molecular weight excluding hydrogens is 228 g/mol. The zero-order valence-corrected chi connectivity index (χ0v) is 8.96. The molecule has 0 unspecified atom stereocenters. The normalized spacial score (nSPS) is 8.76. The fourth-order valence-corrected chi connectivity index (χ4v) is 1.09. The van der Waals surface area contributed by atoms with Gasteiger partial charge in [-0.3, -0.25) is 5.41 Å². The monoisotopic (exact) mass is 242 g/mol. The van der Waals surface area contributed by atoms with Crippen molar-refractivity contribution in [3.8, 4) is 0 Å². The maximum atomic E-state index is 8.71. The second-order valence-corrected chi connectivity index (χ2v) is 2.95. The van der Waals surface area contributed by atoms with Crippen molar-refractivity contribution < 1.29 is 15.4 Å². The molecule has 0 spiro atoms. The van der Waals surface area contributed by atoms with Crippen molar-refractivity contribution in [2.45, 2.75) is 6.42 Å². The molecule has 0 aliphatic carbocycles. The van der Waals surface area contributed by atoms with Gasteiger partial charge in [-0.25, -0.2) is 0 Å². The quantitative estimate of drug-likeness (QED) is 0.221. The molecule has 0 radical (unpaired) electrons. The van der Waals surface area contributed by atoms with Crippen LogP contribution in [0.5, 0.6) is 0 Å². The molecule has 0 atom stereocenters. The SMILES string of the molecule is N=C(N)Nc1cccc(CCO)c1.O=[N+]([O-])O. The zero-order valence-electron chi connectivity index (χ0n) is 8.96. The summed E-state index contributed by atoms with van der Waals surface area (Å²) in [4.78, 5) is 8.36. The van der Waals surface area contributed by atoms with Gasteiger partial charge in [0.15, 0.2) is 5.96 Å². The van der Waals surface area contributed by atoms with Crippen LogP contribution in [-0.4, -0.2) is 28.0 Å². The molecule has 0 heterocycles. The van der Waals surface area contributed by atoms with Gasteiger partial charge in [0, 0.05) is 12.3 Å². The summed E-state index contributed by atoms with van der Waals surface area (Å²) in [5.41, 5.74) is 6.97. The van der Waals surface area contributed by atoms with Gasteiger partial charge in [0.1, 0.15) is 0 Å². The molecule has 0 saturated carbocycles. The van der Waals surface area contributed by atoms with Crippen LogP contribution in [0.15, 0.2) is 24.3 Å². The second kappa shape index (κ2) is 7.88. The molecule has 0 amide bonds. The lowest BCUT2D eigenvalue weighted by molar-refractivity contribution is -0.742.